The van der Waals surface area contributed by atoms with Gasteiger partial charge in [-0.25, -0.2) is 4.98 Å². The second kappa shape index (κ2) is 6.44. The third-order valence-corrected chi connectivity index (χ3v) is 6.42. The molecule has 2 aliphatic heterocycles. The Bertz CT molecular complexity index is 1020. The minimum atomic E-state index is -0.0507. The molecule has 0 aromatic carbocycles. The fourth-order valence-corrected chi connectivity index (χ4v) is 4.97. The summed E-state index contributed by atoms with van der Waals surface area (Å²) in [4.78, 5) is 20.5. The molecule has 2 unspecified atom stereocenters. The van der Waals surface area contributed by atoms with Crippen molar-refractivity contribution in [3.63, 3.8) is 0 Å². The van der Waals surface area contributed by atoms with Gasteiger partial charge < -0.3 is 14.6 Å². The van der Waals surface area contributed by atoms with Crippen molar-refractivity contribution < 1.29 is 9.21 Å². The van der Waals surface area contributed by atoms with Crippen LogP contribution in [0.3, 0.4) is 0 Å². The molecule has 0 aliphatic carbocycles. The molecular weight excluding hydrogens is 354 g/mol. The second-order valence-electron chi connectivity index (χ2n) is 8.13. The van der Waals surface area contributed by atoms with Gasteiger partial charge in [0, 0.05) is 25.2 Å². The van der Waals surface area contributed by atoms with Crippen LogP contribution in [-0.2, 0) is 7.05 Å². The highest BCUT2D eigenvalue weighted by Crippen LogP contribution is 2.34. The van der Waals surface area contributed by atoms with Gasteiger partial charge in [-0.1, -0.05) is 0 Å². The number of hydrogen-bond donors (Lipinski definition) is 1. The van der Waals surface area contributed by atoms with E-state index in [9.17, 15) is 4.79 Å². The zero-order chi connectivity index (χ0) is 19.4. The first-order chi connectivity index (χ1) is 13.5. The number of nitrogens with zero attached hydrogens (tertiary/aromatic N) is 4. The molecule has 146 valence electrons. The highest BCUT2D eigenvalue weighted by Gasteiger charge is 2.39. The Morgan fingerprint density at radius 1 is 1.25 bits per heavy atom. The van der Waals surface area contributed by atoms with Crippen LogP contribution >= 0.6 is 0 Å². The van der Waals surface area contributed by atoms with E-state index < -0.39 is 0 Å². The molecule has 7 nitrogen and oxygen atoms in total. The molecular formula is C21H25N5O2. The summed E-state index contributed by atoms with van der Waals surface area (Å²) < 4.78 is 7.24. The first-order valence-corrected chi connectivity index (χ1v) is 9.92. The van der Waals surface area contributed by atoms with Crippen LogP contribution in [-0.4, -0.2) is 50.7 Å². The molecule has 5 heterocycles. The van der Waals surface area contributed by atoms with Gasteiger partial charge in [0.2, 0.25) is 0 Å². The van der Waals surface area contributed by atoms with Gasteiger partial charge in [-0.2, -0.15) is 5.10 Å². The first kappa shape index (κ1) is 17.4. The number of piperidine rings is 1. The molecule has 28 heavy (non-hydrogen) atoms. The van der Waals surface area contributed by atoms with Crippen LogP contribution in [0.25, 0.3) is 22.5 Å². The van der Waals surface area contributed by atoms with E-state index in [-0.39, 0.29) is 11.9 Å². The van der Waals surface area contributed by atoms with Gasteiger partial charge >= 0.3 is 0 Å². The lowest BCUT2D eigenvalue weighted by Gasteiger charge is -2.36. The fraction of sp³-hybridized carbons (Fsp3) is 0.476. The molecule has 2 bridgehead atoms. The van der Waals surface area contributed by atoms with Crippen molar-refractivity contribution in [2.45, 2.75) is 50.7 Å². The highest BCUT2D eigenvalue weighted by molar-refractivity contribution is 6.07. The molecule has 2 atom stereocenters. The van der Waals surface area contributed by atoms with Crippen LogP contribution in [0, 0.1) is 6.92 Å². The van der Waals surface area contributed by atoms with Gasteiger partial charge in [0.25, 0.3) is 5.91 Å². The number of pyridine rings is 1. The Morgan fingerprint density at radius 2 is 2.00 bits per heavy atom. The number of aromatic nitrogens is 3. The van der Waals surface area contributed by atoms with E-state index in [1.54, 1.807) is 10.9 Å². The van der Waals surface area contributed by atoms with Gasteiger partial charge in [0.1, 0.15) is 5.69 Å². The number of nitrogens with one attached hydrogen (secondary N) is 1. The van der Waals surface area contributed by atoms with E-state index >= 15 is 0 Å². The minimum Gasteiger partial charge on any atom is -0.463 e. The number of amides is 1. The Labute approximate surface area is 163 Å². The summed E-state index contributed by atoms with van der Waals surface area (Å²) in [6.45, 7) is 1.92. The Kier molecular flexibility index (Phi) is 4.01. The smallest absolute Gasteiger partial charge is 0.252 e. The second-order valence-corrected chi connectivity index (χ2v) is 8.13. The lowest BCUT2D eigenvalue weighted by molar-refractivity contribution is 0.0884. The van der Waals surface area contributed by atoms with Crippen LogP contribution in [0.15, 0.2) is 28.9 Å². The van der Waals surface area contributed by atoms with Crippen LogP contribution in [0.2, 0.25) is 0 Å². The summed E-state index contributed by atoms with van der Waals surface area (Å²) in [5.74, 6) is 0.595. The number of furan rings is 1. The maximum Gasteiger partial charge on any atom is 0.252 e. The summed E-state index contributed by atoms with van der Waals surface area (Å²) >= 11 is 0. The van der Waals surface area contributed by atoms with E-state index in [4.69, 9.17) is 9.40 Å². The molecule has 2 aliphatic rings. The van der Waals surface area contributed by atoms with Crippen molar-refractivity contribution in [3.05, 3.63) is 35.7 Å². The number of carbonyl (C=O) groups excluding carboxylic acids is 1. The van der Waals surface area contributed by atoms with Crippen LogP contribution in [0.4, 0.5) is 0 Å². The third kappa shape index (κ3) is 2.73. The highest BCUT2D eigenvalue weighted by atomic mass is 16.3. The molecule has 3 aromatic rings. The van der Waals surface area contributed by atoms with E-state index in [0.29, 0.717) is 34.7 Å². The molecule has 3 aromatic heterocycles. The summed E-state index contributed by atoms with van der Waals surface area (Å²) in [6, 6.07) is 6.89. The topological polar surface area (TPSA) is 76.2 Å². The maximum atomic E-state index is 13.3. The normalized spacial score (nSPS) is 24.8. The van der Waals surface area contributed by atoms with E-state index in [1.807, 2.05) is 32.2 Å². The van der Waals surface area contributed by atoms with Crippen LogP contribution < -0.4 is 5.32 Å². The standard InChI is InChI=1S/C21H25N5O2/c1-12-19-16(21(27)22-13-9-14-6-7-15(10-13)25(14)2)11-17(18-5-4-8-28-18)23-20(19)26(3)24-12/h4-5,8,11,13-15H,6-7,9-10H2,1-3H3,(H,22,27). The van der Waals surface area contributed by atoms with Gasteiger partial charge in [-0.15, -0.1) is 0 Å². The SMILES string of the molecule is Cc1nn(C)c2nc(-c3ccco3)cc(C(=O)NC3CC4CCC(C3)N4C)c12. The lowest BCUT2D eigenvalue weighted by atomic mass is 9.97. The van der Waals surface area contributed by atoms with Gasteiger partial charge in [-0.05, 0) is 57.9 Å². The molecule has 0 radical (unpaired) electrons. The lowest BCUT2D eigenvalue weighted by Crippen LogP contribution is -2.48. The van der Waals surface area contributed by atoms with Crippen molar-refractivity contribution in [2.24, 2.45) is 7.05 Å². The molecule has 2 fully saturated rings. The van der Waals surface area contributed by atoms with Crippen molar-refractivity contribution in [2.75, 3.05) is 7.05 Å². The molecule has 0 saturated carbocycles. The minimum absolute atomic E-state index is 0.0507. The third-order valence-electron chi connectivity index (χ3n) is 6.42. The average molecular weight is 379 g/mol. The predicted octanol–water partition coefficient (Wildman–Crippen LogP) is 2.89. The number of fused-ring (bicyclic) bond motifs is 3. The number of rotatable bonds is 3. The van der Waals surface area contributed by atoms with Gasteiger partial charge in [0.05, 0.1) is 22.9 Å². The van der Waals surface area contributed by atoms with Crippen molar-refractivity contribution in [1.29, 1.82) is 0 Å². The van der Waals surface area contributed by atoms with E-state index in [1.165, 1.54) is 12.8 Å². The van der Waals surface area contributed by atoms with E-state index in [2.05, 4.69) is 22.4 Å². The fourth-order valence-electron chi connectivity index (χ4n) is 4.97. The molecule has 0 spiro atoms. The summed E-state index contributed by atoms with van der Waals surface area (Å²) in [5.41, 5.74) is 2.77. The van der Waals surface area contributed by atoms with E-state index in [0.717, 1.165) is 23.9 Å². The monoisotopic (exact) mass is 379 g/mol. The number of hydrogen-bond acceptors (Lipinski definition) is 5. The molecule has 5 rings (SSSR count). The van der Waals surface area contributed by atoms with Crippen molar-refractivity contribution >= 4 is 16.9 Å². The Hall–Kier alpha value is -2.67. The number of carbonyl (C=O) groups is 1. The van der Waals surface area contributed by atoms with Gasteiger partial charge in [-0.3, -0.25) is 9.48 Å². The molecule has 7 heteroatoms. The van der Waals surface area contributed by atoms with Crippen molar-refractivity contribution in [1.82, 2.24) is 25.0 Å². The Morgan fingerprint density at radius 3 is 2.68 bits per heavy atom. The predicted molar refractivity (Wildman–Crippen MR) is 106 cm³/mol. The largest absolute Gasteiger partial charge is 0.463 e. The van der Waals surface area contributed by atoms with Crippen LogP contribution in [0.5, 0.6) is 0 Å². The maximum absolute atomic E-state index is 13.3. The first-order valence-electron chi connectivity index (χ1n) is 9.92. The molecule has 2 saturated heterocycles. The summed E-state index contributed by atoms with van der Waals surface area (Å²) in [7, 11) is 4.06. The zero-order valence-electron chi connectivity index (χ0n) is 16.5. The zero-order valence-corrected chi connectivity index (χ0v) is 16.5. The van der Waals surface area contributed by atoms with Crippen LogP contribution in [0.1, 0.15) is 41.7 Å². The Balaban J connectivity index is 1.51. The quantitative estimate of drug-likeness (QED) is 0.757. The summed E-state index contributed by atoms with van der Waals surface area (Å²) in [5, 5.41) is 8.59. The summed E-state index contributed by atoms with van der Waals surface area (Å²) in [6.07, 6.45) is 6.12. The average Bonchev–Trinajstić information content (AvgIpc) is 3.34. The number of aryl methyl sites for hydroxylation is 2. The molecule has 1 N–H and O–H groups in total. The van der Waals surface area contributed by atoms with Gasteiger partial charge in [0.15, 0.2) is 11.4 Å². The molecule has 1 amide bonds. The van der Waals surface area contributed by atoms with Crippen molar-refractivity contribution in [3.8, 4) is 11.5 Å².